The van der Waals surface area contributed by atoms with Crippen LogP contribution in [0.2, 0.25) is 0 Å². The first-order valence-electron chi connectivity index (χ1n) is 6.83. The molecule has 0 radical (unpaired) electrons. The van der Waals surface area contributed by atoms with Gasteiger partial charge in [0.15, 0.2) is 6.79 Å². The standard InChI is InChI=1S/C14H18N2O4/c1-15(6-10-2-3-10)7-11-4-13(16(17)18)5-12-8-19-9-20-14(11)12/h4-5,10H,2-3,6-9H2,1H3. The molecule has 0 amide bonds. The van der Waals surface area contributed by atoms with Crippen LogP contribution in [0.25, 0.3) is 0 Å². The second-order valence-corrected chi connectivity index (χ2v) is 5.60. The van der Waals surface area contributed by atoms with Crippen molar-refractivity contribution in [3.8, 4) is 5.75 Å². The number of benzene rings is 1. The molecule has 3 rings (SSSR count). The number of rotatable bonds is 5. The zero-order valence-electron chi connectivity index (χ0n) is 11.5. The molecule has 0 saturated heterocycles. The Bertz CT molecular complexity index is 528. The fraction of sp³-hybridized carbons (Fsp3) is 0.571. The van der Waals surface area contributed by atoms with E-state index in [0.29, 0.717) is 13.2 Å². The quantitative estimate of drug-likeness (QED) is 0.611. The summed E-state index contributed by atoms with van der Waals surface area (Å²) in [5.41, 5.74) is 1.74. The van der Waals surface area contributed by atoms with Gasteiger partial charge in [0.1, 0.15) is 5.75 Å². The fourth-order valence-corrected chi connectivity index (χ4v) is 2.60. The van der Waals surface area contributed by atoms with Crippen LogP contribution in [0.4, 0.5) is 5.69 Å². The summed E-state index contributed by atoms with van der Waals surface area (Å²) in [6, 6.07) is 3.16. The van der Waals surface area contributed by atoms with Crippen molar-refractivity contribution in [2.24, 2.45) is 5.92 Å². The molecule has 0 N–H and O–H groups in total. The van der Waals surface area contributed by atoms with E-state index >= 15 is 0 Å². The predicted molar refractivity (Wildman–Crippen MR) is 72.4 cm³/mol. The lowest BCUT2D eigenvalue weighted by Gasteiger charge is -2.23. The number of hydrogen-bond acceptors (Lipinski definition) is 5. The molecule has 6 heteroatoms. The zero-order valence-corrected chi connectivity index (χ0v) is 11.5. The van der Waals surface area contributed by atoms with Crippen molar-refractivity contribution in [2.75, 3.05) is 20.4 Å². The van der Waals surface area contributed by atoms with Gasteiger partial charge >= 0.3 is 0 Å². The van der Waals surface area contributed by atoms with Crippen LogP contribution in [0.1, 0.15) is 24.0 Å². The summed E-state index contributed by atoms with van der Waals surface area (Å²) < 4.78 is 10.7. The van der Waals surface area contributed by atoms with Crippen molar-refractivity contribution in [3.63, 3.8) is 0 Å². The molecule has 0 bridgehead atoms. The SMILES string of the molecule is CN(Cc1cc([N+](=O)[O-])cc2c1OCOC2)CC1CC1. The molecule has 0 spiro atoms. The largest absolute Gasteiger partial charge is 0.467 e. The highest BCUT2D eigenvalue weighted by Crippen LogP contribution is 2.34. The molecule has 0 aromatic heterocycles. The monoisotopic (exact) mass is 278 g/mol. The molecule has 1 heterocycles. The van der Waals surface area contributed by atoms with E-state index in [0.717, 1.165) is 29.3 Å². The molecule has 1 saturated carbocycles. The topological polar surface area (TPSA) is 64.8 Å². The number of hydrogen-bond donors (Lipinski definition) is 0. The molecule has 2 aliphatic rings. The Morgan fingerprint density at radius 2 is 2.25 bits per heavy atom. The third-order valence-electron chi connectivity index (χ3n) is 3.69. The Morgan fingerprint density at radius 1 is 1.45 bits per heavy atom. The Labute approximate surface area is 117 Å². The van der Waals surface area contributed by atoms with Crippen LogP contribution in [0.5, 0.6) is 5.75 Å². The molecule has 108 valence electrons. The highest BCUT2D eigenvalue weighted by atomic mass is 16.7. The smallest absolute Gasteiger partial charge is 0.270 e. The van der Waals surface area contributed by atoms with Gasteiger partial charge in [0.25, 0.3) is 5.69 Å². The van der Waals surface area contributed by atoms with Crippen molar-refractivity contribution < 1.29 is 14.4 Å². The molecule has 1 fully saturated rings. The average Bonchev–Trinajstić information content (AvgIpc) is 3.22. The lowest BCUT2D eigenvalue weighted by molar-refractivity contribution is -0.385. The Morgan fingerprint density at radius 3 is 2.95 bits per heavy atom. The van der Waals surface area contributed by atoms with Crippen LogP contribution in [0.15, 0.2) is 12.1 Å². The van der Waals surface area contributed by atoms with E-state index < -0.39 is 0 Å². The second kappa shape index (κ2) is 5.38. The molecular weight excluding hydrogens is 260 g/mol. The van der Waals surface area contributed by atoms with Gasteiger partial charge in [-0.1, -0.05) is 0 Å². The summed E-state index contributed by atoms with van der Waals surface area (Å²) in [4.78, 5) is 12.9. The van der Waals surface area contributed by atoms with Gasteiger partial charge in [-0.05, 0) is 25.8 Å². The number of nitro groups is 1. The van der Waals surface area contributed by atoms with Crippen LogP contribution in [-0.2, 0) is 17.9 Å². The van der Waals surface area contributed by atoms with E-state index in [9.17, 15) is 10.1 Å². The van der Waals surface area contributed by atoms with Crippen molar-refractivity contribution in [3.05, 3.63) is 33.4 Å². The Balaban J connectivity index is 1.86. The molecule has 6 nitrogen and oxygen atoms in total. The van der Waals surface area contributed by atoms with Crippen LogP contribution in [0.3, 0.4) is 0 Å². The molecule has 1 aromatic rings. The Hall–Kier alpha value is -1.66. The predicted octanol–water partition coefficient (Wildman–Crippen LogP) is 2.30. The van der Waals surface area contributed by atoms with Gasteiger partial charge in [-0.15, -0.1) is 0 Å². The third-order valence-corrected chi connectivity index (χ3v) is 3.69. The Kier molecular flexibility index (Phi) is 3.58. The zero-order chi connectivity index (χ0) is 14.1. The number of nitro benzene ring substituents is 1. The first kappa shape index (κ1) is 13.3. The summed E-state index contributed by atoms with van der Waals surface area (Å²) in [5, 5.41) is 11.0. The van der Waals surface area contributed by atoms with E-state index in [1.165, 1.54) is 12.8 Å². The van der Waals surface area contributed by atoms with E-state index in [4.69, 9.17) is 9.47 Å². The van der Waals surface area contributed by atoms with Gasteiger partial charge in [0, 0.05) is 36.3 Å². The third kappa shape index (κ3) is 2.91. The van der Waals surface area contributed by atoms with E-state index in [2.05, 4.69) is 4.90 Å². The van der Waals surface area contributed by atoms with Crippen molar-refractivity contribution in [1.29, 1.82) is 0 Å². The minimum absolute atomic E-state index is 0.104. The van der Waals surface area contributed by atoms with E-state index in [1.54, 1.807) is 12.1 Å². The van der Waals surface area contributed by atoms with Gasteiger partial charge in [-0.25, -0.2) is 0 Å². The van der Waals surface area contributed by atoms with Gasteiger partial charge in [0.05, 0.1) is 11.5 Å². The molecule has 1 aromatic carbocycles. The lowest BCUT2D eigenvalue weighted by atomic mass is 10.1. The van der Waals surface area contributed by atoms with E-state index in [-0.39, 0.29) is 17.4 Å². The van der Waals surface area contributed by atoms with Gasteiger partial charge in [-0.2, -0.15) is 0 Å². The highest BCUT2D eigenvalue weighted by molar-refractivity contribution is 5.50. The summed E-state index contributed by atoms with van der Waals surface area (Å²) in [6.07, 6.45) is 2.59. The first-order valence-corrected chi connectivity index (χ1v) is 6.83. The van der Waals surface area contributed by atoms with Gasteiger partial charge in [-0.3, -0.25) is 10.1 Å². The molecule has 0 atom stereocenters. The van der Waals surface area contributed by atoms with Crippen molar-refractivity contribution in [2.45, 2.75) is 26.0 Å². The maximum Gasteiger partial charge on any atom is 0.270 e. The number of non-ortho nitro benzene ring substituents is 1. The summed E-state index contributed by atoms with van der Waals surface area (Å²) in [6.45, 7) is 2.29. The minimum Gasteiger partial charge on any atom is -0.467 e. The maximum atomic E-state index is 11.0. The molecule has 1 aliphatic heterocycles. The fourth-order valence-electron chi connectivity index (χ4n) is 2.60. The second-order valence-electron chi connectivity index (χ2n) is 5.60. The van der Waals surface area contributed by atoms with Gasteiger partial charge in [0.2, 0.25) is 0 Å². The van der Waals surface area contributed by atoms with Crippen LogP contribution in [-0.4, -0.2) is 30.2 Å². The average molecular weight is 278 g/mol. The number of nitrogens with zero attached hydrogens (tertiary/aromatic N) is 2. The highest BCUT2D eigenvalue weighted by Gasteiger charge is 2.25. The molecule has 1 aliphatic carbocycles. The summed E-state index contributed by atoms with van der Waals surface area (Å²) in [5.74, 6) is 1.54. The molecular formula is C14H18N2O4. The van der Waals surface area contributed by atoms with Crippen LogP contribution in [0, 0.1) is 16.0 Å². The van der Waals surface area contributed by atoms with E-state index in [1.807, 2.05) is 7.05 Å². The normalized spacial score (nSPS) is 17.7. The summed E-state index contributed by atoms with van der Waals surface area (Å²) >= 11 is 0. The van der Waals surface area contributed by atoms with Crippen LogP contribution < -0.4 is 4.74 Å². The van der Waals surface area contributed by atoms with Crippen molar-refractivity contribution >= 4 is 5.69 Å². The first-order chi connectivity index (χ1) is 9.63. The van der Waals surface area contributed by atoms with Crippen molar-refractivity contribution in [1.82, 2.24) is 4.90 Å². The summed E-state index contributed by atoms with van der Waals surface area (Å²) in [7, 11) is 2.04. The van der Waals surface area contributed by atoms with Crippen LogP contribution >= 0.6 is 0 Å². The lowest BCUT2D eigenvalue weighted by Crippen LogP contribution is -2.22. The number of ether oxygens (including phenoxy) is 2. The van der Waals surface area contributed by atoms with Gasteiger partial charge < -0.3 is 14.4 Å². The molecule has 0 unspecified atom stereocenters. The minimum atomic E-state index is -0.362. The number of fused-ring (bicyclic) bond motifs is 1. The molecule has 20 heavy (non-hydrogen) atoms. The maximum absolute atomic E-state index is 11.0.